The Morgan fingerprint density at radius 3 is 2.57 bits per heavy atom. The van der Waals surface area contributed by atoms with Crippen LogP contribution in [0.3, 0.4) is 0 Å². The van der Waals surface area contributed by atoms with Crippen LogP contribution in [-0.4, -0.2) is 67.5 Å². The van der Waals surface area contributed by atoms with E-state index in [1.807, 2.05) is 31.2 Å². The molecule has 1 aromatic carbocycles. The molecular weight excluding hydrogens is 398 g/mol. The summed E-state index contributed by atoms with van der Waals surface area (Å²) in [6.07, 6.45) is 0. The van der Waals surface area contributed by atoms with Crippen LogP contribution in [0.25, 0.3) is 0 Å². The molecule has 0 aliphatic carbocycles. The molecule has 2 aromatic rings. The van der Waals surface area contributed by atoms with Gasteiger partial charge in [-0.1, -0.05) is 23.7 Å². The molecule has 8 heteroatoms. The maximum absolute atomic E-state index is 12.3. The quantitative estimate of drug-likeness (QED) is 0.746. The molecule has 0 unspecified atom stereocenters. The number of piperazine rings is 1. The Kier molecular flexibility index (Phi) is 7.30. The zero-order valence-electron chi connectivity index (χ0n) is 15.8. The fourth-order valence-electron chi connectivity index (χ4n) is 2.98. The van der Waals surface area contributed by atoms with Crippen molar-refractivity contribution in [3.63, 3.8) is 0 Å². The van der Waals surface area contributed by atoms with Crippen molar-refractivity contribution in [3.8, 4) is 5.75 Å². The Morgan fingerprint density at radius 1 is 1.14 bits per heavy atom. The van der Waals surface area contributed by atoms with E-state index in [0.29, 0.717) is 35.3 Å². The first-order valence-electron chi connectivity index (χ1n) is 9.25. The molecule has 150 valence electrons. The van der Waals surface area contributed by atoms with Crippen LogP contribution in [0.4, 0.5) is 0 Å². The summed E-state index contributed by atoms with van der Waals surface area (Å²) in [5, 5.41) is 3.32. The molecule has 3 rings (SSSR count). The van der Waals surface area contributed by atoms with Gasteiger partial charge in [-0.15, -0.1) is 11.3 Å². The number of halogens is 1. The molecule has 1 N–H and O–H groups in total. The largest absolute Gasteiger partial charge is 0.491 e. The second kappa shape index (κ2) is 9.91. The predicted molar refractivity (Wildman–Crippen MR) is 111 cm³/mol. The van der Waals surface area contributed by atoms with Gasteiger partial charge in [0.25, 0.3) is 5.91 Å². The minimum atomic E-state index is -0.193. The first-order valence-corrected chi connectivity index (χ1v) is 10.4. The van der Waals surface area contributed by atoms with E-state index in [1.165, 1.54) is 11.3 Å². The zero-order chi connectivity index (χ0) is 19.9. The van der Waals surface area contributed by atoms with Gasteiger partial charge in [0.15, 0.2) is 0 Å². The Bertz CT molecular complexity index is 819. The smallest absolute Gasteiger partial charge is 0.261 e. The van der Waals surface area contributed by atoms with Crippen molar-refractivity contribution in [2.45, 2.75) is 6.92 Å². The second-order valence-corrected chi connectivity index (χ2v) is 8.29. The fraction of sp³-hybridized carbons (Fsp3) is 0.400. The molecule has 1 aromatic heterocycles. The molecule has 1 aliphatic heterocycles. The lowest BCUT2D eigenvalue weighted by atomic mass is 10.3. The van der Waals surface area contributed by atoms with Crippen molar-refractivity contribution in [1.82, 2.24) is 15.1 Å². The number of ether oxygens (including phenoxy) is 1. The van der Waals surface area contributed by atoms with Crippen molar-refractivity contribution in [3.05, 3.63) is 51.2 Å². The van der Waals surface area contributed by atoms with E-state index in [0.717, 1.165) is 24.5 Å². The van der Waals surface area contributed by atoms with E-state index in [1.54, 1.807) is 17.0 Å². The van der Waals surface area contributed by atoms with E-state index in [-0.39, 0.29) is 18.4 Å². The highest BCUT2D eigenvalue weighted by Crippen LogP contribution is 2.22. The minimum Gasteiger partial charge on any atom is -0.491 e. The fourth-order valence-corrected chi connectivity index (χ4v) is 3.95. The molecule has 1 saturated heterocycles. The molecule has 0 spiro atoms. The van der Waals surface area contributed by atoms with E-state index in [2.05, 4.69) is 10.2 Å². The summed E-state index contributed by atoms with van der Waals surface area (Å²) < 4.78 is 5.72. The molecule has 1 fully saturated rings. The molecule has 0 bridgehead atoms. The van der Waals surface area contributed by atoms with Gasteiger partial charge in [0.2, 0.25) is 5.91 Å². The number of amides is 2. The van der Waals surface area contributed by atoms with Crippen LogP contribution in [-0.2, 0) is 4.79 Å². The van der Waals surface area contributed by atoms with Crippen LogP contribution in [0.5, 0.6) is 5.75 Å². The van der Waals surface area contributed by atoms with E-state index < -0.39 is 0 Å². The molecule has 1 aliphatic rings. The lowest BCUT2D eigenvalue weighted by Crippen LogP contribution is -2.51. The van der Waals surface area contributed by atoms with Crippen LogP contribution >= 0.6 is 22.9 Å². The third-order valence-corrected chi connectivity index (χ3v) is 5.90. The lowest BCUT2D eigenvalue weighted by molar-refractivity contribution is -0.131. The molecule has 0 saturated carbocycles. The van der Waals surface area contributed by atoms with Crippen molar-refractivity contribution >= 4 is 34.8 Å². The summed E-state index contributed by atoms with van der Waals surface area (Å²) in [5.74, 6) is 0.449. The van der Waals surface area contributed by atoms with Gasteiger partial charge >= 0.3 is 0 Å². The summed E-state index contributed by atoms with van der Waals surface area (Å²) in [6, 6.07) is 11.1. The predicted octanol–water partition coefficient (Wildman–Crippen LogP) is 2.66. The highest BCUT2D eigenvalue weighted by atomic mass is 35.5. The number of carbonyl (C=O) groups is 2. The molecule has 2 amide bonds. The first-order chi connectivity index (χ1) is 13.5. The third kappa shape index (κ3) is 5.70. The molecule has 0 atom stereocenters. The van der Waals surface area contributed by atoms with Crippen molar-refractivity contribution < 1.29 is 14.3 Å². The lowest BCUT2D eigenvalue weighted by Gasteiger charge is -2.34. The number of benzene rings is 1. The van der Waals surface area contributed by atoms with Crippen molar-refractivity contribution in [2.75, 3.05) is 45.9 Å². The Balaban J connectivity index is 1.34. The van der Waals surface area contributed by atoms with E-state index in [9.17, 15) is 9.59 Å². The molecule has 0 radical (unpaired) electrons. The minimum absolute atomic E-state index is 0.0331. The Morgan fingerprint density at radius 2 is 1.89 bits per heavy atom. The van der Waals surface area contributed by atoms with Crippen molar-refractivity contribution in [2.24, 2.45) is 0 Å². The molecule has 28 heavy (non-hydrogen) atoms. The molecular formula is C20H24ClN3O3S. The van der Waals surface area contributed by atoms with Gasteiger partial charge in [0.1, 0.15) is 12.4 Å². The van der Waals surface area contributed by atoms with Crippen LogP contribution in [0, 0.1) is 6.92 Å². The van der Waals surface area contributed by atoms with E-state index >= 15 is 0 Å². The Labute approximate surface area is 174 Å². The monoisotopic (exact) mass is 421 g/mol. The maximum atomic E-state index is 12.3. The number of para-hydroxylation sites is 1. The van der Waals surface area contributed by atoms with Crippen LogP contribution < -0.4 is 10.1 Å². The number of aryl methyl sites for hydroxylation is 1. The molecule has 2 heterocycles. The number of nitrogens with one attached hydrogen (secondary N) is 1. The van der Waals surface area contributed by atoms with Crippen LogP contribution in [0.2, 0.25) is 5.02 Å². The number of carbonyl (C=O) groups excluding carboxylic acids is 2. The summed E-state index contributed by atoms with van der Waals surface area (Å²) in [6.45, 7) is 6.19. The average molecular weight is 422 g/mol. The topological polar surface area (TPSA) is 61.9 Å². The van der Waals surface area contributed by atoms with Gasteiger partial charge in [-0.3, -0.25) is 14.5 Å². The summed E-state index contributed by atoms with van der Waals surface area (Å²) >= 11 is 7.51. The van der Waals surface area contributed by atoms with Crippen molar-refractivity contribution in [1.29, 1.82) is 0 Å². The number of nitrogens with zero attached hydrogens (tertiary/aromatic N) is 2. The van der Waals surface area contributed by atoms with Crippen LogP contribution in [0.15, 0.2) is 36.4 Å². The Hall–Kier alpha value is -2.09. The molecule has 6 nitrogen and oxygen atoms in total. The summed E-state index contributed by atoms with van der Waals surface area (Å²) in [7, 11) is 0. The van der Waals surface area contributed by atoms with Gasteiger partial charge in [-0.2, -0.15) is 0 Å². The normalized spacial score (nSPS) is 14.7. The van der Waals surface area contributed by atoms with Crippen LogP contribution in [0.1, 0.15) is 14.5 Å². The van der Waals surface area contributed by atoms with Gasteiger partial charge in [-0.25, -0.2) is 0 Å². The standard InChI is InChI=1S/C20H24ClN3O3S/c1-15-6-7-18(28-15)20(26)22-14-19(25)24-10-8-23(9-11-24)12-13-27-17-5-3-2-4-16(17)21/h2-7H,8-14H2,1H3,(H,22,26). The number of hydrogen-bond donors (Lipinski definition) is 1. The van der Waals surface area contributed by atoms with Gasteiger partial charge in [0.05, 0.1) is 16.4 Å². The highest BCUT2D eigenvalue weighted by molar-refractivity contribution is 7.13. The summed E-state index contributed by atoms with van der Waals surface area (Å²) in [4.78, 5) is 30.2. The van der Waals surface area contributed by atoms with Gasteiger partial charge in [0, 0.05) is 37.6 Å². The first kappa shape index (κ1) is 20.6. The number of thiophene rings is 1. The van der Waals surface area contributed by atoms with Gasteiger partial charge < -0.3 is 15.0 Å². The summed E-state index contributed by atoms with van der Waals surface area (Å²) in [5.41, 5.74) is 0. The van der Waals surface area contributed by atoms with Gasteiger partial charge in [-0.05, 0) is 31.2 Å². The van der Waals surface area contributed by atoms with E-state index in [4.69, 9.17) is 16.3 Å². The average Bonchev–Trinajstić information content (AvgIpc) is 3.14. The number of hydrogen-bond acceptors (Lipinski definition) is 5. The highest BCUT2D eigenvalue weighted by Gasteiger charge is 2.21. The SMILES string of the molecule is Cc1ccc(C(=O)NCC(=O)N2CCN(CCOc3ccccc3Cl)CC2)s1. The third-order valence-electron chi connectivity index (χ3n) is 4.59. The maximum Gasteiger partial charge on any atom is 0.261 e. The number of rotatable bonds is 7. The zero-order valence-corrected chi connectivity index (χ0v) is 17.4. The second-order valence-electron chi connectivity index (χ2n) is 6.59.